The predicted octanol–water partition coefficient (Wildman–Crippen LogP) is 3.63. The van der Waals surface area contributed by atoms with E-state index in [0.717, 1.165) is 29.1 Å². The first kappa shape index (κ1) is 22.8. The van der Waals surface area contributed by atoms with Gasteiger partial charge in [-0.05, 0) is 43.0 Å². The van der Waals surface area contributed by atoms with Gasteiger partial charge in [-0.25, -0.2) is 17.5 Å². The maximum Gasteiger partial charge on any atom is 0.338 e. The highest BCUT2D eigenvalue weighted by Crippen LogP contribution is 2.19. The van der Waals surface area contributed by atoms with Crippen LogP contribution in [0.15, 0.2) is 47.4 Å². The van der Waals surface area contributed by atoms with E-state index in [0.29, 0.717) is 11.1 Å². The van der Waals surface area contributed by atoms with Crippen molar-refractivity contribution in [1.82, 2.24) is 4.31 Å². The maximum absolute atomic E-state index is 12.4. The summed E-state index contributed by atoms with van der Waals surface area (Å²) in [6.45, 7) is 3.40. The fraction of sp³-hybridized carbons (Fsp3) is 0.364. The van der Waals surface area contributed by atoms with E-state index in [4.69, 9.17) is 4.74 Å². The molecule has 156 valence electrons. The third-order valence-corrected chi connectivity index (χ3v) is 6.45. The molecular weight excluding hydrogens is 390 g/mol. The summed E-state index contributed by atoms with van der Waals surface area (Å²) in [5, 5.41) is 0. The van der Waals surface area contributed by atoms with Gasteiger partial charge in [0.05, 0.1) is 10.5 Å². The average molecular weight is 418 g/mol. The maximum atomic E-state index is 12.4. The van der Waals surface area contributed by atoms with Gasteiger partial charge >= 0.3 is 5.97 Å². The Bertz CT molecular complexity index is 979. The molecule has 2 aromatic carbocycles. The van der Waals surface area contributed by atoms with Gasteiger partial charge < -0.3 is 4.74 Å². The number of hydrogen-bond donors (Lipinski definition) is 0. The highest BCUT2D eigenvalue weighted by Gasteiger charge is 2.21. The third-order valence-electron chi connectivity index (χ3n) is 4.64. The van der Waals surface area contributed by atoms with Gasteiger partial charge in [-0.3, -0.25) is 4.79 Å². The molecule has 0 spiro atoms. The smallest absolute Gasteiger partial charge is 0.338 e. The van der Waals surface area contributed by atoms with Gasteiger partial charge in [-0.1, -0.05) is 43.7 Å². The van der Waals surface area contributed by atoms with Crippen LogP contribution < -0.4 is 0 Å². The molecule has 6 nitrogen and oxygen atoms in total. The minimum atomic E-state index is -3.68. The van der Waals surface area contributed by atoms with E-state index in [9.17, 15) is 18.0 Å². The molecule has 0 aromatic heterocycles. The summed E-state index contributed by atoms with van der Waals surface area (Å²) in [5.74, 6) is -1.04. The van der Waals surface area contributed by atoms with E-state index in [1.807, 2.05) is 12.1 Å². The fourth-order valence-electron chi connectivity index (χ4n) is 2.72. The van der Waals surface area contributed by atoms with Crippen LogP contribution in [0, 0.1) is 6.92 Å². The Morgan fingerprint density at radius 1 is 1.03 bits per heavy atom. The van der Waals surface area contributed by atoms with Crippen LogP contribution in [0.5, 0.6) is 0 Å². The first-order valence-electron chi connectivity index (χ1n) is 9.49. The first-order chi connectivity index (χ1) is 13.7. The lowest BCUT2D eigenvalue weighted by Gasteiger charge is -2.13. The molecule has 0 unspecified atom stereocenters. The van der Waals surface area contributed by atoms with Crippen molar-refractivity contribution in [2.45, 2.75) is 38.0 Å². The number of rotatable bonds is 9. The number of ether oxygens (including phenoxy) is 1. The summed E-state index contributed by atoms with van der Waals surface area (Å²) in [7, 11) is -0.844. The molecule has 7 heteroatoms. The van der Waals surface area contributed by atoms with Gasteiger partial charge in [0.25, 0.3) is 0 Å². The number of aryl methyl sites for hydroxylation is 2. The van der Waals surface area contributed by atoms with E-state index >= 15 is 0 Å². The molecule has 0 atom stereocenters. The van der Waals surface area contributed by atoms with Crippen molar-refractivity contribution in [3.63, 3.8) is 0 Å². The number of Topliss-reactive ketones (excluding diaryl/α,β-unsaturated/α-hetero) is 1. The lowest BCUT2D eigenvalue weighted by molar-refractivity contribution is 0.0473. The SMILES string of the molecule is CCCCc1ccc(C(=O)COC(=O)c2cc(S(=O)(=O)N(C)C)ccc2C)cc1. The number of hydrogen-bond acceptors (Lipinski definition) is 5. The first-order valence-corrected chi connectivity index (χ1v) is 10.9. The molecular formula is C22H27NO5S. The van der Waals surface area contributed by atoms with Gasteiger partial charge in [0, 0.05) is 19.7 Å². The molecule has 0 bridgehead atoms. The number of ketones is 1. The van der Waals surface area contributed by atoms with E-state index in [1.54, 1.807) is 25.1 Å². The lowest BCUT2D eigenvalue weighted by atomic mass is 10.0. The average Bonchev–Trinajstić information content (AvgIpc) is 2.70. The normalized spacial score (nSPS) is 11.5. The van der Waals surface area contributed by atoms with Crippen LogP contribution in [0.25, 0.3) is 0 Å². The van der Waals surface area contributed by atoms with Crippen molar-refractivity contribution < 1.29 is 22.7 Å². The second kappa shape index (κ2) is 9.80. The Morgan fingerprint density at radius 3 is 2.28 bits per heavy atom. The Hall–Kier alpha value is -2.51. The summed E-state index contributed by atoms with van der Waals surface area (Å²) in [5.41, 5.74) is 2.32. The van der Waals surface area contributed by atoms with Gasteiger partial charge in [0.15, 0.2) is 12.4 Å². The number of benzene rings is 2. The summed E-state index contributed by atoms with van der Waals surface area (Å²) in [6.07, 6.45) is 3.16. The van der Waals surface area contributed by atoms with Crippen LogP contribution in [0.2, 0.25) is 0 Å². The van der Waals surface area contributed by atoms with E-state index in [1.165, 1.54) is 26.2 Å². The second-order valence-electron chi connectivity index (χ2n) is 7.06. The quantitative estimate of drug-likeness (QED) is 0.460. The molecule has 29 heavy (non-hydrogen) atoms. The van der Waals surface area contributed by atoms with E-state index in [2.05, 4.69) is 6.92 Å². The van der Waals surface area contributed by atoms with Gasteiger partial charge in [-0.15, -0.1) is 0 Å². The molecule has 0 amide bonds. The third kappa shape index (κ3) is 5.74. The minimum absolute atomic E-state index is 0.00551. The molecule has 0 fully saturated rings. The molecule has 0 heterocycles. The van der Waals surface area contributed by atoms with Crippen LogP contribution >= 0.6 is 0 Å². The summed E-state index contributed by atoms with van der Waals surface area (Å²) < 4.78 is 30.8. The molecule has 0 aliphatic carbocycles. The van der Waals surface area contributed by atoms with Crippen molar-refractivity contribution in [3.8, 4) is 0 Å². The number of nitrogens with zero attached hydrogens (tertiary/aromatic N) is 1. The van der Waals surface area contributed by atoms with Crippen LogP contribution in [-0.2, 0) is 21.2 Å². The van der Waals surface area contributed by atoms with Crippen molar-refractivity contribution in [3.05, 3.63) is 64.7 Å². The number of unbranched alkanes of at least 4 members (excludes halogenated alkanes) is 1. The van der Waals surface area contributed by atoms with E-state index < -0.39 is 22.6 Å². The standard InChI is InChI=1S/C22H27NO5S/c1-5-6-7-17-9-11-18(12-10-17)21(24)15-28-22(25)20-14-19(13-8-16(20)2)29(26,27)23(3)4/h8-14H,5-7,15H2,1-4H3. The Balaban J connectivity index is 2.08. The van der Waals surface area contributed by atoms with Gasteiger partial charge in [0.1, 0.15) is 0 Å². The molecule has 0 saturated carbocycles. The zero-order chi connectivity index (χ0) is 21.6. The van der Waals surface area contributed by atoms with Crippen molar-refractivity contribution in [2.24, 2.45) is 0 Å². The highest BCUT2D eigenvalue weighted by molar-refractivity contribution is 7.89. The summed E-state index contributed by atoms with van der Waals surface area (Å²) in [6, 6.07) is 11.5. The monoisotopic (exact) mass is 417 g/mol. The molecule has 0 saturated heterocycles. The van der Waals surface area contributed by atoms with Crippen molar-refractivity contribution in [1.29, 1.82) is 0 Å². The zero-order valence-corrected chi connectivity index (χ0v) is 18.1. The number of carbonyl (C=O) groups excluding carboxylic acids is 2. The molecule has 0 aliphatic heterocycles. The predicted molar refractivity (Wildman–Crippen MR) is 112 cm³/mol. The topological polar surface area (TPSA) is 80.8 Å². The fourth-order valence-corrected chi connectivity index (χ4v) is 3.65. The second-order valence-corrected chi connectivity index (χ2v) is 9.22. The molecule has 0 radical (unpaired) electrons. The van der Waals surface area contributed by atoms with Gasteiger partial charge in [0.2, 0.25) is 10.0 Å². The van der Waals surface area contributed by atoms with Crippen molar-refractivity contribution >= 4 is 21.8 Å². The van der Waals surface area contributed by atoms with E-state index in [-0.39, 0.29) is 16.2 Å². The Morgan fingerprint density at radius 2 is 1.69 bits per heavy atom. The Kier molecular flexibility index (Phi) is 7.70. The molecule has 2 aromatic rings. The minimum Gasteiger partial charge on any atom is -0.454 e. The molecule has 0 N–H and O–H groups in total. The lowest BCUT2D eigenvalue weighted by Crippen LogP contribution is -2.23. The number of sulfonamides is 1. The highest BCUT2D eigenvalue weighted by atomic mass is 32.2. The van der Waals surface area contributed by atoms with Crippen LogP contribution in [0.4, 0.5) is 0 Å². The largest absolute Gasteiger partial charge is 0.454 e. The summed E-state index contributed by atoms with van der Waals surface area (Å²) >= 11 is 0. The van der Waals surface area contributed by atoms with Crippen LogP contribution in [0.3, 0.4) is 0 Å². The number of carbonyl (C=O) groups is 2. The zero-order valence-electron chi connectivity index (χ0n) is 17.3. The summed E-state index contributed by atoms with van der Waals surface area (Å²) in [4.78, 5) is 24.8. The Labute approximate surface area is 172 Å². The molecule has 0 aliphatic rings. The number of esters is 1. The van der Waals surface area contributed by atoms with Crippen LogP contribution in [0.1, 0.15) is 51.6 Å². The van der Waals surface area contributed by atoms with Gasteiger partial charge in [-0.2, -0.15) is 0 Å². The van der Waals surface area contributed by atoms with Crippen molar-refractivity contribution in [2.75, 3.05) is 20.7 Å². The molecule has 2 rings (SSSR count). The van der Waals surface area contributed by atoms with Crippen LogP contribution in [-0.4, -0.2) is 45.2 Å².